The molecule has 0 spiro atoms. The number of hydrogen-bond acceptors (Lipinski definition) is 7. The largest absolute Gasteiger partial charge is 0.353 e. The van der Waals surface area contributed by atoms with E-state index in [1.54, 1.807) is 24.3 Å². The van der Waals surface area contributed by atoms with E-state index in [-0.39, 0.29) is 29.7 Å². The number of benzene rings is 1. The first-order valence-electron chi connectivity index (χ1n) is 17.6. The minimum Gasteiger partial charge on any atom is -0.353 e. The van der Waals surface area contributed by atoms with Crippen LogP contribution in [-0.4, -0.2) is 95.5 Å². The lowest BCUT2D eigenvalue weighted by Gasteiger charge is -2.39. The van der Waals surface area contributed by atoms with Crippen molar-refractivity contribution in [2.24, 2.45) is 34.0 Å². The number of nitrogens with one attached hydrogen (secondary N) is 4. The topological polar surface area (TPSA) is 174 Å². The van der Waals surface area contributed by atoms with E-state index in [0.29, 0.717) is 24.1 Å². The molecule has 2 aliphatic carbocycles. The fraction of sp³-hybridized carbons (Fsp3) is 0.649. The number of hydrogen-bond donors (Lipinski definition) is 4. The van der Waals surface area contributed by atoms with Gasteiger partial charge in [-0.3, -0.25) is 33.7 Å². The molecule has 2 heterocycles. The van der Waals surface area contributed by atoms with Crippen molar-refractivity contribution in [1.82, 2.24) is 31.1 Å². The molecular weight excluding hydrogens is 640 g/mol. The van der Waals surface area contributed by atoms with Gasteiger partial charge in [-0.05, 0) is 52.6 Å². The number of likely N-dealkylation sites (N-methyl/N-ethyl adjacent to an activating group) is 1. The molecule has 4 N–H and O–H groups in total. The zero-order valence-electron chi connectivity index (χ0n) is 30.6. The summed E-state index contributed by atoms with van der Waals surface area (Å²) in [7, 11) is 1.37. The van der Waals surface area contributed by atoms with Gasteiger partial charge in [0.2, 0.25) is 17.6 Å². The van der Waals surface area contributed by atoms with Crippen molar-refractivity contribution in [2.75, 3.05) is 20.1 Å². The Morgan fingerprint density at radius 1 is 0.880 bits per heavy atom. The molecule has 272 valence electrons. The quantitative estimate of drug-likeness (QED) is 0.204. The second-order valence-electron chi connectivity index (χ2n) is 17.2. The van der Waals surface area contributed by atoms with E-state index in [1.807, 2.05) is 41.5 Å². The molecular formula is C37H52N6O7. The predicted molar refractivity (Wildman–Crippen MR) is 185 cm³/mol. The van der Waals surface area contributed by atoms with E-state index in [1.165, 1.54) is 11.9 Å². The lowest BCUT2D eigenvalue weighted by Crippen LogP contribution is -2.63. The van der Waals surface area contributed by atoms with Gasteiger partial charge >= 0.3 is 6.03 Å². The number of carbonyl (C=O) groups is 7. The summed E-state index contributed by atoms with van der Waals surface area (Å²) in [6.45, 7) is 15.5. The standard InChI is InChI=1S/C37H52N6O7/c1-35(2,3)24(18-43-31(47)20-12-10-11-13-21(20)32(43)48)40-34(50)41-28(36(4,5)6)33(49)42-17-22-25(37(22,7)8)26(42)29(45)39-23(16-19-14-15-19)27(44)30(46)38-9/h10-13,19,22-26,28H,14-18H2,1-9H3,(H,38,46)(H,39,45)(H2,40,41,50)/t22-,23?,24+,25-,26-,28+/m0/s1. The smallest absolute Gasteiger partial charge is 0.315 e. The number of carbonyl (C=O) groups excluding carboxylic acids is 7. The van der Waals surface area contributed by atoms with Crippen LogP contribution in [0.15, 0.2) is 24.3 Å². The van der Waals surface area contributed by atoms with Gasteiger partial charge in [0.05, 0.1) is 29.8 Å². The summed E-state index contributed by atoms with van der Waals surface area (Å²) in [4.78, 5) is 96.3. The van der Waals surface area contributed by atoms with Crippen LogP contribution in [0.3, 0.4) is 0 Å². The van der Waals surface area contributed by atoms with Gasteiger partial charge in [0, 0.05) is 13.6 Å². The highest BCUT2D eigenvalue weighted by Crippen LogP contribution is 2.65. The maximum Gasteiger partial charge on any atom is 0.315 e. The minimum atomic E-state index is -1.05. The Labute approximate surface area is 294 Å². The number of amides is 7. The SMILES string of the molecule is CNC(=O)C(=O)C(CC1CC1)NC(=O)[C@@H]1[C@@H]2[C@H](CN1C(=O)[C@@H](NC(=O)N[C@H](CN1C(=O)c3ccccc3C1=O)C(C)(C)C)C(C)(C)C)C2(C)C. The third-order valence-electron chi connectivity index (χ3n) is 11.1. The average molecular weight is 693 g/mol. The second-order valence-corrected chi connectivity index (χ2v) is 17.2. The number of nitrogens with zero attached hydrogens (tertiary/aromatic N) is 2. The molecule has 7 amide bonds. The molecule has 13 nitrogen and oxygen atoms in total. The predicted octanol–water partition coefficient (Wildman–Crippen LogP) is 2.49. The third-order valence-corrected chi connectivity index (χ3v) is 11.1. The summed E-state index contributed by atoms with van der Waals surface area (Å²) in [6, 6.07) is 2.35. The summed E-state index contributed by atoms with van der Waals surface area (Å²) in [6.07, 6.45) is 2.21. The molecule has 0 aromatic heterocycles. The van der Waals surface area contributed by atoms with E-state index < -0.39 is 76.3 Å². The fourth-order valence-corrected chi connectivity index (χ4v) is 7.54. The van der Waals surface area contributed by atoms with Gasteiger partial charge in [0.15, 0.2) is 0 Å². The number of piperidine rings is 1. The number of rotatable bonds is 11. The summed E-state index contributed by atoms with van der Waals surface area (Å²) >= 11 is 0. The van der Waals surface area contributed by atoms with Gasteiger partial charge in [-0.15, -0.1) is 0 Å². The Morgan fingerprint density at radius 3 is 1.96 bits per heavy atom. The molecule has 1 aromatic rings. The lowest BCUT2D eigenvalue weighted by atomic mass is 9.85. The molecule has 13 heteroatoms. The molecule has 3 fully saturated rings. The number of likely N-dealkylation sites (tertiary alicyclic amines) is 1. The number of fused-ring (bicyclic) bond motifs is 2. The highest BCUT2D eigenvalue weighted by atomic mass is 16.2. The Bertz CT molecular complexity index is 1570. The van der Waals surface area contributed by atoms with Crippen molar-refractivity contribution in [3.8, 4) is 0 Å². The van der Waals surface area contributed by atoms with Crippen LogP contribution < -0.4 is 21.3 Å². The van der Waals surface area contributed by atoms with Crippen LogP contribution in [0.5, 0.6) is 0 Å². The maximum atomic E-state index is 14.4. The summed E-state index contributed by atoms with van der Waals surface area (Å²) < 4.78 is 0. The summed E-state index contributed by atoms with van der Waals surface area (Å²) in [5, 5.41) is 11.0. The highest BCUT2D eigenvalue weighted by Gasteiger charge is 2.70. The molecule has 6 atom stereocenters. The molecule has 1 saturated heterocycles. The fourth-order valence-electron chi connectivity index (χ4n) is 7.54. The van der Waals surface area contributed by atoms with E-state index >= 15 is 0 Å². The van der Waals surface area contributed by atoms with Crippen LogP contribution >= 0.6 is 0 Å². The first-order valence-corrected chi connectivity index (χ1v) is 17.6. The first kappa shape index (κ1) is 37.0. The minimum absolute atomic E-state index is 0.0538. The molecule has 2 saturated carbocycles. The van der Waals surface area contributed by atoms with Gasteiger partial charge in [0.25, 0.3) is 17.7 Å². The normalized spacial score (nSPS) is 24.1. The van der Waals surface area contributed by atoms with Crippen LogP contribution in [-0.2, 0) is 19.2 Å². The molecule has 1 aromatic carbocycles. The highest BCUT2D eigenvalue weighted by molar-refractivity contribution is 6.38. The molecule has 1 unspecified atom stereocenters. The van der Waals surface area contributed by atoms with Crippen molar-refractivity contribution >= 4 is 41.4 Å². The number of Topliss-reactive ketones (excluding diaryl/α,β-unsaturated/α-hetero) is 1. The first-order chi connectivity index (χ1) is 23.2. The summed E-state index contributed by atoms with van der Waals surface area (Å²) in [5.41, 5.74) is -0.934. The Morgan fingerprint density at radius 2 is 1.46 bits per heavy atom. The van der Waals surface area contributed by atoms with E-state index in [2.05, 4.69) is 35.1 Å². The monoisotopic (exact) mass is 692 g/mol. The molecule has 50 heavy (non-hydrogen) atoms. The van der Waals surface area contributed by atoms with Crippen molar-refractivity contribution in [3.63, 3.8) is 0 Å². The summed E-state index contributed by atoms with van der Waals surface area (Å²) in [5.74, 6) is -3.11. The van der Waals surface area contributed by atoms with E-state index in [9.17, 15) is 33.6 Å². The van der Waals surface area contributed by atoms with Crippen molar-refractivity contribution in [1.29, 1.82) is 0 Å². The van der Waals surface area contributed by atoms with Crippen molar-refractivity contribution in [2.45, 2.75) is 98.8 Å². The molecule has 5 rings (SSSR count). The van der Waals surface area contributed by atoms with Gasteiger partial charge < -0.3 is 26.2 Å². The number of urea groups is 1. The zero-order chi connectivity index (χ0) is 37.1. The van der Waals surface area contributed by atoms with E-state index in [0.717, 1.165) is 17.7 Å². The Kier molecular flexibility index (Phi) is 9.70. The van der Waals surface area contributed by atoms with E-state index in [4.69, 9.17) is 0 Å². The number of imide groups is 1. The Hall–Kier alpha value is -4.29. The second kappa shape index (κ2) is 13.1. The number of ketones is 1. The van der Waals surface area contributed by atoms with Crippen molar-refractivity contribution < 1.29 is 33.6 Å². The van der Waals surface area contributed by atoms with Gasteiger partial charge in [-0.25, -0.2) is 4.79 Å². The van der Waals surface area contributed by atoms with Crippen LogP contribution in [0.4, 0.5) is 4.79 Å². The van der Waals surface area contributed by atoms with Crippen molar-refractivity contribution in [3.05, 3.63) is 35.4 Å². The maximum absolute atomic E-state index is 14.4. The Balaban J connectivity index is 1.33. The molecule has 0 bridgehead atoms. The van der Waals surface area contributed by atoms with Gasteiger partial charge in [-0.1, -0.05) is 80.4 Å². The van der Waals surface area contributed by atoms with Crippen LogP contribution in [0, 0.1) is 34.0 Å². The lowest BCUT2D eigenvalue weighted by molar-refractivity contribution is -0.145. The molecule has 0 radical (unpaired) electrons. The van der Waals surface area contributed by atoms with Gasteiger partial charge in [0.1, 0.15) is 12.1 Å². The van der Waals surface area contributed by atoms with Gasteiger partial charge in [-0.2, -0.15) is 0 Å². The van der Waals surface area contributed by atoms with Crippen LogP contribution in [0.2, 0.25) is 0 Å². The zero-order valence-corrected chi connectivity index (χ0v) is 30.6. The third kappa shape index (κ3) is 7.14. The molecule has 2 aliphatic heterocycles. The average Bonchev–Trinajstić information content (AvgIpc) is 3.86. The molecule has 4 aliphatic rings. The van der Waals surface area contributed by atoms with Crippen LogP contribution in [0.25, 0.3) is 0 Å². The van der Waals surface area contributed by atoms with Crippen LogP contribution in [0.1, 0.15) is 95.4 Å².